The van der Waals surface area contributed by atoms with Gasteiger partial charge in [-0.1, -0.05) is 29.3 Å². The number of nitrogens with two attached hydrogens (primary N) is 1. The molecule has 0 aliphatic carbocycles. The van der Waals surface area contributed by atoms with Crippen LogP contribution in [0.2, 0.25) is 10.2 Å². The van der Waals surface area contributed by atoms with Crippen LogP contribution in [0.25, 0.3) is 11.2 Å². The maximum Gasteiger partial charge on any atom is 0.271 e. The van der Waals surface area contributed by atoms with Crippen molar-refractivity contribution in [3.63, 3.8) is 0 Å². The third kappa shape index (κ3) is 2.73. The molecule has 6 nitrogen and oxygen atoms in total. The van der Waals surface area contributed by atoms with Gasteiger partial charge in [-0.2, -0.15) is 5.10 Å². The minimum atomic E-state index is -0.755. The standard InChI is InChI=1S/C14H10Cl2FN5O/c1-6(8-3-2-7(15)4-9(8)17)22-14-12(11(21-22)13(18)23)19-5-10(16)20-14/h2-6H,1H3,(H2,18,23). The molecule has 3 rings (SSSR count). The third-order valence-electron chi connectivity index (χ3n) is 3.39. The minimum Gasteiger partial charge on any atom is -0.364 e. The molecule has 0 radical (unpaired) electrons. The van der Waals surface area contributed by atoms with Gasteiger partial charge in [-0.05, 0) is 19.1 Å². The van der Waals surface area contributed by atoms with Gasteiger partial charge < -0.3 is 5.73 Å². The van der Waals surface area contributed by atoms with E-state index < -0.39 is 17.8 Å². The first-order valence-electron chi connectivity index (χ1n) is 6.54. The fraction of sp³-hybridized carbons (Fsp3) is 0.143. The van der Waals surface area contributed by atoms with E-state index in [1.54, 1.807) is 13.0 Å². The van der Waals surface area contributed by atoms with Crippen LogP contribution >= 0.6 is 23.2 Å². The molecule has 118 valence electrons. The van der Waals surface area contributed by atoms with Crippen LogP contribution in [0, 0.1) is 5.82 Å². The molecule has 1 aromatic carbocycles. The Kier molecular flexibility index (Phi) is 3.91. The predicted molar refractivity (Wildman–Crippen MR) is 84.1 cm³/mol. The van der Waals surface area contributed by atoms with Gasteiger partial charge in [0.25, 0.3) is 5.91 Å². The number of carbonyl (C=O) groups excluding carboxylic acids is 1. The number of carbonyl (C=O) groups is 1. The first kappa shape index (κ1) is 15.6. The average Bonchev–Trinajstić information content (AvgIpc) is 2.85. The van der Waals surface area contributed by atoms with E-state index in [0.29, 0.717) is 5.56 Å². The van der Waals surface area contributed by atoms with E-state index >= 15 is 0 Å². The Bertz CT molecular complexity index is 927. The molecule has 1 unspecified atom stereocenters. The first-order chi connectivity index (χ1) is 10.9. The van der Waals surface area contributed by atoms with Gasteiger partial charge in [-0.25, -0.2) is 19.0 Å². The maximum atomic E-state index is 14.2. The minimum absolute atomic E-state index is 0.0506. The zero-order valence-electron chi connectivity index (χ0n) is 11.8. The molecule has 0 bridgehead atoms. The maximum absolute atomic E-state index is 14.2. The summed E-state index contributed by atoms with van der Waals surface area (Å²) in [5.74, 6) is -1.25. The second kappa shape index (κ2) is 5.75. The van der Waals surface area contributed by atoms with E-state index in [-0.39, 0.29) is 27.0 Å². The van der Waals surface area contributed by atoms with Crippen LogP contribution in [0.3, 0.4) is 0 Å². The van der Waals surface area contributed by atoms with Gasteiger partial charge in [-0.3, -0.25) is 4.79 Å². The first-order valence-corrected chi connectivity index (χ1v) is 7.29. The lowest BCUT2D eigenvalue weighted by Crippen LogP contribution is -2.15. The molecule has 2 heterocycles. The zero-order valence-corrected chi connectivity index (χ0v) is 13.3. The number of hydrogen-bond donors (Lipinski definition) is 1. The Morgan fingerprint density at radius 2 is 2.13 bits per heavy atom. The average molecular weight is 354 g/mol. The number of amides is 1. The quantitative estimate of drug-likeness (QED) is 0.783. The number of halogens is 3. The fourth-order valence-corrected chi connectivity index (χ4v) is 2.58. The van der Waals surface area contributed by atoms with Crippen molar-refractivity contribution < 1.29 is 9.18 Å². The van der Waals surface area contributed by atoms with E-state index in [2.05, 4.69) is 15.1 Å². The monoisotopic (exact) mass is 353 g/mol. The number of rotatable bonds is 3. The van der Waals surface area contributed by atoms with Gasteiger partial charge in [0, 0.05) is 10.6 Å². The largest absolute Gasteiger partial charge is 0.364 e. The van der Waals surface area contributed by atoms with Gasteiger partial charge in [-0.15, -0.1) is 0 Å². The van der Waals surface area contributed by atoms with Crippen molar-refractivity contribution in [2.45, 2.75) is 13.0 Å². The molecule has 1 atom stereocenters. The number of hydrogen-bond acceptors (Lipinski definition) is 4. The second-order valence-electron chi connectivity index (χ2n) is 4.86. The lowest BCUT2D eigenvalue weighted by Gasteiger charge is -2.14. The topological polar surface area (TPSA) is 86.7 Å². The normalized spacial score (nSPS) is 12.5. The Morgan fingerprint density at radius 1 is 1.39 bits per heavy atom. The van der Waals surface area contributed by atoms with Crippen LogP contribution in [0.15, 0.2) is 24.4 Å². The molecule has 1 amide bonds. The van der Waals surface area contributed by atoms with Gasteiger partial charge in [0.2, 0.25) is 0 Å². The smallest absolute Gasteiger partial charge is 0.271 e. The number of primary amides is 1. The van der Waals surface area contributed by atoms with E-state index in [4.69, 9.17) is 28.9 Å². The lowest BCUT2D eigenvalue weighted by atomic mass is 10.1. The molecular formula is C14H10Cl2FN5O. The molecule has 2 aromatic heterocycles. The summed E-state index contributed by atoms with van der Waals surface area (Å²) in [6.07, 6.45) is 1.29. The number of aromatic nitrogens is 4. The van der Waals surface area contributed by atoms with Crippen molar-refractivity contribution in [2.75, 3.05) is 0 Å². The molecule has 2 N–H and O–H groups in total. The van der Waals surface area contributed by atoms with E-state index in [1.165, 1.54) is 23.0 Å². The summed E-state index contributed by atoms with van der Waals surface area (Å²) in [7, 11) is 0. The van der Waals surface area contributed by atoms with Crippen molar-refractivity contribution in [3.8, 4) is 0 Å². The molecule has 0 aliphatic heterocycles. The van der Waals surface area contributed by atoms with Crippen LogP contribution in [0.5, 0.6) is 0 Å². The van der Waals surface area contributed by atoms with Gasteiger partial charge in [0.05, 0.1) is 12.2 Å². The molecule has 9 heteroatoms. The van der Waals surface area contributed by atoms with Crippen LogP contribution in [-0.4, -0.2) is 25.7 Å². The molecule has 23 heavy (non-hydrogen) atoms. The van der Waals surface area contributed by atoms with Crippen LogP contribution in [0.1, 0.15) is 29.0 Å². The highest BCUT2D eigenvalue weighted by Gasteiger charge is 2.23. The Labute approximate surface area is 140 Å². The predicted octanol–water partition coefficient (Wildman–Crippen LogP) is 2.98. The Hall–Kier alpha value is -2.25. The van der Waals surface area contributed by atoms with Crippen molar-refractivity contribution in [3.05, 3.63) is 51.6 Å². The van der Waals surface area contributed by atoms with E-state index in [0.717, 1.165) is 0 Å². The molecule has 3 aromatic rings. The number of nitrogens with zero attached hydrogens (tertiary/aromatic N) is 4. The van der Waals surface area contributed by atoms with Crippen LogP contribution < -0.4 is 5.73 Å². The van der Waals surface area contributed by atoms with Crippen molar-refractivity contribution >= 4 is 40.3 Å². The molecule has 0 saturated heterocycles. The number of benzene rings is 1. The van der Waals surface area contributed by atoms with E-state index in [1.807, 2.05) is 0 Å². The third-order valence-corrected chi connectivity index (χ3v) is 3.80. The summed E-state index contributed by atoms with van der Waals surface area (Å²) in [6, 6.07) is 3.73. The highest BCUT2D eigenvalue weighted by Crippen LogP contribution is 2.27. The van der Waals surface area contributed by atoms with Gasteiger partial charge in [0.1, 0.15) is 16.5 Å². The highest BCUT2D eigenvalue weighted by atomic mass is 35.5. The second-order valence-corrected chi connectivity index (χ2v) is 5.69. The molecule has 0 saturated carbocycles. The summed E-state index contributed by atoms with van der Waals surface area (Å²) in [5.41, 5.74) is 6.05. The Balaban J connectivity index is 2.22. The fourth-order valence-electron chi connectivity index (χ4n) is 2.30. The summed E-state index contributed by atoms with van der Waals surface area (Å²) < 4.78 is 15.5. The van der Waals surface area contributed by atoms with Crippen molar-refractivity contribution in [1.82, 2.24) is 19.7 Å². The van der Waals surface area contributed by atoms with Gasteiger partial charge in [0.15, 0.2) is 11.3 Å². The van der Waals surface area contributed by atoms with Gasteiger partial charge >= 0.3 is 0 Å². The molecule has 0 spiro atoms. The van der Waals surface area contributed by atoms with Crippen molar-refractivity contribution in [2.24, 2.45) is 5.73 Å². The summed E-state index contributed by atoms with van der Waals surface area (Å²) >= 11 is 11.6. The summed E-state index contributed by atoms with van der Waals surface area (Å²) in [6.45, 7) is 1.70. The molecular weight excluding hydrogens is 344 g/mol. The zero-order chi connectivity index (χ0) is 16.7. The SMILES string of the molecule is CC(c1ccc(Cl)cc1F)n1nc(C(N)=O)c2ncc(Cl)nc21. The molecule has 0 aliphatic rings. The lowest BCUT2D eigenvalue weighted by molar-refractivity contribution is 0.0996. The number of fused-ring (bicyclic) bond motifs is 1. The Morgan fingerprint density at radius 3 is 2.78 bits per heavy atom. The van der Waals surface area contributed by atoms with Crippen LogP contribution in [-0.2, 0) is 0 Å². The van der Waals surface area contributed by atoms with Crippen LogP contribution in [0.4, 0.5) is 4.39 Å². The summed E-state index contributed by atoms with van der Waals surface area (Å²) in [4.78, 5) is 19.7. The highest BCUT2D eigenvalue weighted by molar-refractivity contribution is 6.30. The molecule has 0 fully saturated rings. The van der Waals surface area contributed by atoms with Crippen molar-refractivity contribution in [1.29, 1.82) is 0 Å². The summed E-state index contributed by atoms with van der Waals surface area (Å²) in [5, 5.41) is 4.53. The van der Waals surface area contributed by atoms with E-state index in [9.17, 15) is 9.18 Å².